The first-order valence-corrected chi connectivity index (χ1v) is 7.42. The minimum atomic E-state index is -0.684. The quantitative estimate of drug-likeness (QED) is 0.785. The third-order valence-corrected chi connectivity index (χ3v) is 3.47. The van der Waals surface area contributed by atoms with E-state index in [1.165, 1.54) is 5.56 Å². The topological polar surface area (TPSA) is 46.4 Å². The van der Waals surface area contributed by atoms with Crippen molar-refractivity contribution in [1.29, 1.82) is 0 Å². The molecule has 2 aromatic rings. The summed E-state index contributed by atoms with van der Waals surface area (Å²) in [6.45, 7) is 1.70. The predicted octanol–water partition coefficient (Wildman–Crippen LogP) is 1.19. The lowest BCUT2D eigenvalue weighted by Gasteiger charge is -2.02. The molecule has 2 rings (SSSR count). The zero-order valence-corrected chi connectivity index (χ0v) is 10.7. The maximum absolute atomic E-state index is 10.9. The van der Waals surface area contributed by atoms with Crippen molar-refractivity contribution in [3.05, 3.63) is 36.2 Å². The molecule has 0 bridgehead atoms. The van der Waals surface area contributed by atoms with Gasteiger partial charge in [0.1, 0.15) is 0 Å². The summed E-state index contributed by atoms with van der Waals surface area (Å²) >= 11 is 0. The van der Waals surface area contributed by atoms with Gasteiger partial charge < -0.3 is 5.32 Å². The molecule has 0 aromatic carbocycles. The molecule has 92 valence electrons. The van der Waals surface area contributed by atoms with Gasteiger partial charge in [-0.2, -0.15) is 5.10 Å². The van der Waals surface area contributed by atoms with Gasteiger partial charge in [0.05, 0.1) is 11.7 Å². The third kappa shape index (κ3) is 3.38. The van der Waals surface area contributed by atoms with Crippen LogP contribution < -0.4 is 5.32 Å². The molecule has 0 radical (unpaired) electrons. The normalized spacial score (nSPS) is 13.0. The number of nitrogens with zero attached hydrogens (tertiary/aromatic N) is 2. The standard InChI is InChI=1S/C12H17N3OS/c1-17(16)8-4-6-13-9-11-10-14-15-7-3-2-5-12(11)15/h2-3,5,7,10,13H,4,6,8-9H2,1H3. The van der Waals surface area contributed by atoms with Gasteiger partial charge in [0.25, 0.3) is 0 Å². The van der Waals surface area contributed by atoms with Gasteiger partial charge in [-0.1, -0.05) is 6.07 Å². The Morgan fingerprint density at radius 3 is 3.18 bits per heavy atom. The van der Waals surface area contributed by atoms with Crippen LogP contribution in [0.3, 0.4) is 0 Å². The second-order valence-corrected chi connectivity index (χ2v) is 5.56. The van der Waals surface area contributed by atoms with Crippen molar-refractivity contribution < 1.29 is 4.21 Å². The fourth-order valence-corrected chi connectivity index (χ4v) is 2.30. The number of rotatable bonds is 6. The van der Waals surface area contributed by atoms with E-state index in [4.69, 9.17) is 0 Å². The van der Waals surface area contributed by atoms with Gasteiger partial charge >= 0.3 is 0 Å². The van der Waals surface area contributed by atoms with Crippen molar-refractivity contribution in [2.24, 2.45) is 0 Å². The molecule has 2 aromatic heterocycles. The van der Waals surface area contributed by atoms with Crippen LogP contribution in [0.25, 0.3) is 5.52 Å². The molecule has 1 unspecified atom stereocenters. The Kier molecular flexibility index (Phi) is 4.28. The molecule has 0 aliphatic heterocycles. The zero-order chi connectivity index (χ0) is 12.1. The van der Waals surface area contributed by atoms with Crippen LogP contribution in [0.5, 0.6) is 0 Å². The summed E-state index contributed by atoms with van der Waals surface area (Å²) in [5, 5.41) is 7.62. The van der Waals surface area contributed by atoms with Crippen molar-refractivity contribution >= 4 is 16.3 Å². The van der Waals surface area contributed by atoms with Crippen LogP contribution in [0.15, 0.2) is 30.6 Å². The first kappa shape index (κ1) is 12.3. The monoisotopic (exact) mass is 251 g/mol. The molecule has 5 heteroatoms. The lowest BCUT2D eigenvalue weighted by molar-refractivity contribution is 0.663. The van der Waals surface area contributed by atoms with Gasteiger partial charge in [0.2, 0.25) is 0 Å². The predicted molar refractivity (Wildman–Crippen MR) is 70.4 cm³/mol. The number of hydrogen-bond acceptors (Lipinski definition) is 3. The largest absolute Gasteiger partial charge is 0.313 e. The molecule has 0 amide bonds. The molecule has 0 aliphatic rings. The number of aromatic nitrogens is 2. The Hall–Kier alpha value is -1.20. The van der Waals surface area contributed by atoms with E-state index < -0.39 is 10.8 Å². The molecule has 0 saturated carbocycles. The SMILES string of the molecule is CS(=O)CCCNCc1cnn2ccccc12. The lowest BCUT2D eigenvalue weighted by Crippen LogP contribution is -2.16. The molecule has 2 heterocycles. The average Bonchev–Trinajstić information content (AvgIpc) is 2.72. The molecular weight excluding hydrogens is 234 g/mol. The van der Waals surface area contributed by atoms with Crippen molar-refractivity contribution in [1.82, 2.24) is 14.9 Å². The lowest BCUT2D eigenvalue weighted by atomic mass is 10.2. The second kappa shape index (κ2) is 5.93. The van der Waals surface area contributed by atoms with E-state index in [0.29, 0.717) is 0 Å². The average molecular weight is 251 g/mol. The van der Waals surface area contributed by atoms with Crippen molar-refractivity contribution in [3.8, 4) is 0 Å². The van der Waals surface area contributed by atoms with Gasteiger partial charge in [-0.05, 0) is 25.1 Å². The van der Waals surface area contributed by atoms with Crippen molar-refractivity contribution in [2.45, 2.75) is 13.0 Å². The van der Waals surface area contributed by atoms with Crippen LogP contribution in [0.2, 0.25) is 0 Å². The molecule has 17 heavy (non-hydrogen) atoms. The fourth-order valence-electron chi connectivity index (χ4n) is 1.75. The summed E-state index contributed by atoms with van der Waals surface area (Å²) in [5.41, 5.74) is 2.34. The molecular formula is C12H17N3OS. The molecule has 1 N–H and O–H groups in total. The highest BCUT2D eigenvalue weighted by molar-refractivity contribution is 7.84. The Bertz CT molecular complexity index is 509. The Morgan fingerprint density at radius 2 is 2.35 bits per heavy atom. The molecule has 0 fully saturated rings. The van der Waals surface area contributed by atoms with Gasteiger partial charge in [-0.3, -0.25) is 4.21 Å². The Balaban J connectivity index is 1.85. The maximum Gasteiger partial charge on any atom is 0.0706 e. The minimum absolute atomic E-state index is 0.684. The first-order valence-electron chi connectivity index (χ1n) is 5.69. The van der Waals surface area contributed by atoms with E-state index in [1.807, 2.05) is 29.0 Å². The molecule has 0 saturated heterocycles. The first-order chi connectivity index (χ1) is 8.27. The van der Waals surface area contributed by atoms with Crippen LogP contribution >= 0.6 is 0 Å². The highest BCUT2D eigenvalue weighted by atomic mass is 32.2. The Morgan fingerprint density at radius 1 is 1.47 bits per heavy atom. The van der Waals surface area contributed by atoms with E-state index in [9.17, 15) is 4.21 Å². The van der Waals surface area contributed by atoms with Gasteiger partial charge in [-0.15, -0.1) is 0 Å². The summed E-state index contributed by atoms with van der Waals surface area (Å²) in [7, 11) is -0.684. The van der Waals surface area contributed by atoms with Gasteiger partial charge in [-0.25, -0.2) is 4.52 Å². The summed E-state index contributed by atoms with van der Waals surface area (Å²) < 4.78 is 12.8. The minimum Gasteiger partial charge on any atom is -0.313 e. The summed E-state index contributed by atoms with van der Waals surface area (Å²) in [5.74, 6) is 0.766. The Labute approximate surface area is 103 Å². The van der Waals surface area contributed by atoms with E-state index in [2.05, 4.69) is 16.5 Å². The molecule has 1 atom stereocenters. The van der Waals surface area contributed by atoms with Crippen molar-refractivity contribution in [2.75, 3.05) is 18.6 Å². The van der Waals surface area contributed by atoms with E-state index in [1.54, 1.807) is 6.26 Å². The number of nitrogens with one attached hydrogen (secondary N) is 1. The summed E-state index contributed by atoms with van der Waals surface area (Å²) in [4.78, 5) is 0. The summed E-state index contributed by atoms with van der Waals surface area (Å²) in [6, 6.07) is 6.04. The molecule has 4 nitrogen and oxygen atoms in total. The maximum atomic E-state index is 10.9. The van der Waals surface area contributed by atoms with Crippen LogP contribution in [0.4, 0.5) is 0 Å². The fraction of sp³-hybridized carbons (Fsp3) is 0.417. The van der Waals surface area contributed by atoms with E-state index >= 15 is 0 Å². The van der Waals surface area contributed by atoms with Crippen LogP contribution in [0, 0.1) is 0 Å². The number of hydrogen-bond donors (Lipinski definition) is 1. The third-order valence-electron chi connectivity index (χ3n) is 2.61. The molecule has 0 aliphatic carbocycles. The van der Waals surface area contributed by atoms with Gasteiger partial charge in [0, 0.05) is 41.1 Å². The molecule has 0 spiro atoms. The van der Waals surface area contributed by atoms with E-state index in [0.717, 1.165) is 30.8 Å². The zero-order valence-electron chi connectivity index (χ0n) is 9.93. The summed E-state index contributed by atoms with van der Waals surface area (Å²) in [6.07, 6.45) is 6.52. The van der Waals surface area contributed by atoms with Crippen LogP contribution in [-0.4, -0.2) is 32.4 Å². The second-order valence-electron chi connectivity index (χ2n) is 4.01. The van der Waals surface area contributed by atoms with E-state index in [-0.39, 0.29) is 0 Å². The van der Waals surface area contributed by atoms with Crippen LogP contribution in [-0.2, 0) is 17.3 Å². The van der Waals surface area contributed by atoms with Crippen LogP contribution in [0.1, 0.15) is 12.0 Å². The smallest absolute Gasteiger partial charge is 0.0706 e. The van der Waals surface area contributed by atoms with Gasteiger partial charge in [0.15, 0.2) is 0 Å². The van der Waals surface area contributed by atoms with Crippen molar-refractivity contribution in [3.63, 3.8) is 0 Å². The highest BCUT2D eigenvalue weighted by Gasteiger charge is 2.01. The highest BCUT2D eigenvalue weighted by Crippen LogP contribution is 2.08. The number of pyridine rings is 1. The number of fused-ring (bicyclic) bond motifs is 1.